The van der Waals surface area contributed by atoms with E-state index in [0.29, 0.717) is 18.1 Å². The van der Waals surface area contributed by atoms with Gasteiger partial charge in [-0.15, -0.1) is 0 Å². The molecule has 1 aromatic heterocycles. The van der Waals surface area contributed by atoms with Crippen LogP contribution in [0.3, 0.4) is 0 Å². The molecule has 1 atom stereocenters. The Kier molecular flexibility index (Phi) is 5.67. The van der Waals surface area contributed by atoms with Gasteiger partial charge in [0.2, 0.25) is 0 Å². The number of halogens is 1. The summed E-state index contributed by atoms with van der Waals surface area (Å²) in [5, 5.41) is 3.56. The Bertz CT molecular complexity index is 658. The van der Waals surface area contributed by atoms with Crippen LogP contribution >= 0.6 is 11.6 Å². The number of urea groups is 1. The molecular formula is C18H20ClN3O2. The molecule has 1 fully saturated rings. The van der Waals surface area contributed by atoms with Gasteiger partial charge in [0.25, 0.3) is 0 Å². The standard InChI is InChI=1S/C18H20ClN3O2/c19-15-3-5-16(6-4-15)21-18(23)22(13-17-2-1-11-24-17)12-14-7-9-20-10-8-14/h3-10,17H,1-2,11-13H2,(H,21,23)/t17-/m0/s1. The van der Waals surface area contributed by atoms with E-state index in [4.69, 9.17) is 16.3 Å². The highest BCUT2D eigenvalue weighted by molar-refractivity contribution is 6.30. The number of hydrogen-bond acceptors (Lipinski definition) is 3. The number of rotatable bonds is 5. The SMILES string of the molecule is O=C(Nc1ccc(Cl)cc1)N(Cc1ccncc1)C[C@@H]1CCCO1. The molecule has 1 aliphatic rings. The fourth-order valence-electron chi connectivity index (χ4n) is 2.70. The first-order valence-corrected chi connectivity index (χ1v) is 8.40. The fraction of sp³-hybridized carbons (Fsp3) is 0.333. The van der Waals surface area contributed by atoms with Crippen molar-refractivity contribution in [1.29, 1.82) is 0 Å². The first kappa shape index (κ1) is 16.7. The van der Waals surface area contributed by atoms with E-state index in [2.05, 4.69) is 10.3 Å². The van der Waals surface area contributed by atoms with Crippen molar-refractivity contribution in [2.24, 2.45) is 0 Å². The third kappa shape index (κ3) is 4.69. The molecule has 1 aliphatic heterocycles. The minimum absolute atomic E-state index is 0.0998. The van der Waals surface area contributed by atoms with Gasteiger partial charge in [-0.3, -0.25) is 4.98 Å². The summed E-state index contributed by atoms with van der Waals surface area (Å²) in [6.45, 7) is 1.86. The second-order valence-electron chi connectivity index (χ2n) is 5.81. The minimum Gasteiger partial charge on any atom is -0.376 e. The zero-order valence-corrected chi connectivity index (χ0v) is 14.1. The molecule has 24 heavy (non-hydrogen) atoms. The van der Waals surface area contributed by atoms with E-state index in [-0.39, 0.29) is 12.1 Å². The molecule has 2 aromatic rings. The van der Waals surface area contributed by atoms with Crippen molar-refractivity contribution in [1.82, 2.24) is 9.88 Å². The van der Waals surface area contributed by atoms with Crippen molar-refractivity contribution >= 4 is 23.3 Å². The maximum absolute atomic E-state index is 12.7. The van der Waals surface area contributed by atoms with Gasteiger partial charge in [0.05, 0.1) is 6.10 Å². The summed E-state index contributed by atoms with van der Waals surface area (Å²) in [6, 6.07) is 10.8. The average molecular weight is 346 g/mol. The van der Waals surface area contributed by atoms with Crippen LogP contribution in [0.1, 0.15) is 18.4 Å². The molecule has 0 unspecified atom stereocenters. The lowest BCUT2D eigenvalue weighted by Crippen LogP contribution is -2.39. The van der Waals surface area contributed by atoms with Gasteiger partial charge in [-0.25, -0.2) is 4.79 Å². The Balaban J connectivity index is 1.69. The van der Waals surface area contributed by atoms with Gasteiger partial charge in [0.15, 0.2) is 0 Å². The van der Waals surface area contributed by atoms with E-state index in [1.54, 1.807) is 41.6 Å². The van der Waals surface area contributed by atoms with Crippen LogP contribution in [0.4, 0.5) is 10.5 Å². The third-order valence-corrected chi connectivity index (χ3v) is 4.21. The van der Waals surface area contributed by atoms with Gasteiger partial charge < -0.3 is 15.0 Å². The van der Waals surface area contributed by atoms with E-state index in [0.717, 1.165) is 30.7 Å². The summed E-state index contributed by atoms with van der Waals surface area (Å²) in [7, 11) is 0. The number of aromatic nitrogens is 1. The van der Waals surface area contributed by atoms with Crippen molar-refractivity contribution in [2.75, 3.05) is 18.5 Å². The molecule has 0 bridgehead atoms. The quantitative estimate of drug-likeness (QED) is 0.892. The van der Waals surface area contributed by atoms with Crippen molar-refractivity contribution < 1.29 is 9.53 Å². The highest BCUT2D eigenvalue weighted by Gasteiger charge is 2.23. The zero-order valence-electron chi connectivity index (χ0n) is 13.3. The van der Waals surface area contributed by atoms with Crippen LogP contribution in [0.2, 0.25) is 5.02 Å². The average Bonchev–Trinajstić information content (AvgIpc) is 3.10. The van der Waals surface area contributed by atoms with Crippen LogP contribution in [0.25, 0.3) is 0 Å². The van der Waals surface area contributed by atoms with Gasteiger partial charge in [-0.2, -0.15) is 0 Å². The lowest BCUT2D eigenvalue weighted by Gasteiger charge is -2.26. The summed E-state index contributed by atoms with van der Waals surface area (Å²) in [5.74, 6) is 0. The van der Waals surface area contributed by atoms with Crippen LogP contribution in [0, 0.1) is 0 Å². The molecule has 0 aliphatic carbocycles. The first-order chi connectivity index (χ1) is 11.7. The minimum atomic E-state index is -0.148. The normalized spacial score (nSPS) is 16.8. The van der Waals surface area contributed by atoms with Crippen molar-refractivity contribution in [2.45, 2.75) is 25.5 Å². The van der Waals surface area contributed by atoms with Gasteiger partial charge >= 0.3 is 6.03 Å². The number of amides is 2. The molecule has 1 saturated heterocycles. The Labute approximate surface area is 146 Å². The molecule has 0 spiro atoms. The number of pyridine rings is 1. The number of hydrogen-bond donors (Lipinski definition) is 1. The third-order valence-electron chi connectivity index (χ3n) is 3.95. The van der Waals surface area contributed by atoms with E-state index < -0.39 is 0 Å². The molecule has 6 heteroatoms. The van der Waals surface area contributed by atoms with Crippen LogP contribution < -0.4 is 5.32 Å². The lowest BCUT2D eigenvalue weighted by molar-refractivity contribution is 0.0819. The number of nitrogens with zero attached hydrogens (tertiary/aromatic N) is 2. The first-order valence-electron chi connectivity index (χ1n) is 8.03. The number of carbonyl (C=O) groups is 1. The predicted molar refractivity (Wildman–Crippen MR) is 94.1 cm³/mol. The van der Waals surface area contributed by atoms with E-state index in [9.17, 15) is 4.79 Å². The van der Waals surface area contributed by atoms with Crippen LogP contribution in [-0.4, -0.2) is 35.2 Å². The van der Waals surface area contributed by atoms with Crippen LogP contribution in [0.5, 0.6) is 0 Å². The maximum Gasteiger partial charge on any atom is 0.322 e. The number of ether oxygens (including phenoxy) is 1. The smallest absolute Gasteiger partial charge is 0.322 e. The van der Waals surface area contributed by atoms with Crippen LogP contribution in [-0.2, 0) is 11.3 Å². The van der Waals surface area contributed by atoms with E-state index in [1.807, 2.05) is 12.1 Å². The summed E-state index contributed by atoms with van der Waals surface area (Å²) < 4.78 is 5.69. The second kappa shape index (κ2) is 8.13. The molecule has 2 heterocycles. The summed E-state index contributed by atoms with van der Waals surface area (Å²) in [5.41, 5.74) is 1.76. The highest BCUT2D eigenvalue weighted by atomic mass is 35.5. The van der Waals surface area contributed by atoms with Crippen molar-refractivity contribution in [3.05, 3.63) is 59.4 Å². The van der Waals surface area contributed by atoms with Gasteiger partial charge in [0, 0.05) is 42.8 Å². The Hall–Kier alpha value is -2.11. The molecule has 0 saturated carbocycles. The number of carbonyl (C=O) groups excluding carboxylic acids is 1. The van der Waals surface area contributed by atoms with Crippen molar-refractivity contribution in [3.63, 3.8) is 0 Å². The van der Waals surface area contributed by atoms with E-state index in [1.165, 1.54) is 0 Å². The maximum atomic E-state index is 12.7. The predicted octanol–water partition coefficient (Wildman–Crippen LogP) is 3.95. The monoisotopic (exact) mass is 345 g/mol. The molecular weight excluding hydrogens is 326 g/mol. The van der Waals surface area contributed by atoms with Crippen LogP contribution in [0.15, 0.2) is 48.8 Å². The van der Waals surface area contributed by atoms with Gasteiger partial charge in [-0.05, 0) is 54.8 Å². The summed E-state index contributed by atoms with van der Waals surface area (Å²) >= 11 is 5.89. The largest absolute Gasteiger partial charge is 0.376 e. The number of nitrogens with one attached hydrogen (secondary N) is 1. The van der Waals surface area contributed by atoms with Gasteiger partial charge in [0.1, 0.15) is 0 Å². The van der Waals surface area contributed by atoms with Crippen molar-refractivity contribution in [3.8, 4) is 0 Å². The number of benzene rings is 1. The Morgan fingerprint density at radius 3 is 2.67 bits per heavy atom. The summed E-state index contributed by atoms with van der Waals surface area (Å²) in [6.07, 6.45) is 5.60. The Morgan fingerprint density at radius 2 is 2.00 bits per heavy atom. The summed E-state index contributed by atoms with van der Waals surface area (Å²) in [4.78, 5) is 18.5. The topological polar surface area (TPSA) is 54.5 Å². The van der Waals surface area contributed by atoms with Gasteiger partial charge in [-0.1, -0.05) is 11.6 Å². The lowest BCUT2D eigenvalue weighted by atomic mass is 10.2. The Morgan fingerprint density at radius 1 is 1.25 bits per heavy atom. The molecule has 3 rings (SSSR count). The van der Waals surface area contributed by atoms with E-state index >= 15 is 0 Å². The highest BCUT2D eigenvalue weighted by Crippen LogP contribution is 2.17. The molecule has 1 N–H and O–H groups in total. The number of anilines is 1. The molecule has 1 aromatic carbocycles. The second-order valence-corrected chi connectivity index (χ2v) is 6.24. The molecule has 5 nitrogen and oxygen atoms in total. The zero-order chi connectivity index (χ0) is 16.8. The molecule has 126 valence electrons. The molecule has 2 amide bonds. The molecule has 0 radical (unpaired) electrons. The fourth-order valence-corrected chi connectivity index (χ4v) is 2.82.